The first-order chi connectivity index (χ1) is 29.6. The molecule has 286 valence electrons. The van der Waals surface area contributed by atoms with Crippen molar-refractivity contribution in [3.8, 4) is 33.8 Å². The molecule has 2 aliphatic heterocycles. The van der Waals surface area contributed by atoms with Crippen molar-refractivity contribution >= 4 is 27.3 Å². The molecule has 0 saturated heterocycles. The minimum absolute atomic E-state index is 0.0201. The van der Waals surface area contributed by atoms with Gasteiger partial charge in [0, 0.05) is 39.6 Å². The summed E-state index contributed by atoms with van der Waals surface area (Å²) in [6.45, 7) is 2.38. The van der Waals surface area contributed by atoms with Crippen LogP contribution in [0.1, 0.15) is 58.1 Å². The van der Waals surface area contributed by atoms with E-state index in [9.17, 15) is 0 Å². The highest BCUT2D eigenvalue weighted by Gasteiger charge is 2.54. The van der Waals surface area contributed by atoms with Crippen LogP contribution in [0.5, 0.6) is 11.5 Å². The molecule has 1 spiro atoms. The van der Waals surface area contributed by atoms with E-state index in [1.807, 2.05) is 0 Å². The van der Waals surface area contributed by atoms with Crippen molar-refractivity contribution in [3.05, 3.63) is 239 Å². The molecule has 3 atom stereocenters. The normalized spacial score (nSPS) is 18.6. The highest BCUT2D eigenvalue weighted by Crippen LogP contribution is 2.65. The molecule has 0 aromatic heterocycles. The first-order valence-corrected chi connectivity index (χ1v) is 21.1. The second kappa shape index (κ2) is 13.5. The standard InChI is InChI=1S/C57H42N2O/c1-36-52(41-20-7-4-8-21-41)58-56(42-30-28-38(29-31-42)37-16-5-3-6-17-37)59(2)53(36)47-26-15-25-46-45-24-13-14-27-48(45)57(51(46)47)49-34-32-39-18-9-11-22-43(39)54(49)60-55-44-23-12-10-19-40(44)33-35-50(55)57/h3-36,53,56H,1-2H3. The van der Waals surface area contributed by atoms with Crippen molar-refractivity contribution in [1.29, 1.82) is 0 Å². The Balaban J connectivity index is 1.14. The predicted octanol–water partition coefficient (Wildman–Crippen LogP) is 13.9. The van der Waals surface area contributed by atoms with Gasteiger partial charge < -0.3 is 4.74 Å². The van der Waals surface area contributed by atoms with Crippen LogP contribution in [0.4, 0.5) is 0 Å². The third-order valence-electron chi connectivity index (χ3n) is 13.6. The van der Waals surface area contributed by atoms with Crippen molar-refractivity contribution in [1.82, 2.24) is 4.90 Å². The number of ether oxygens (including phenoxy) is 1. The molecular formula is C57H42N2O. The smallest absolute Gasteiger partial charge is 0.140 e. The Hall–Kier alpha value is -7.07. The Labute approximate surface area is 350 Å². The first kappa shape index (κ1) is 34.9. The Morgan fingerprint density at radius 3 is 1.70 bits per heavy atom. The van der Waals surface area contributed by atoms with E-state index in [-0.39, 0.29) is 18.1 Å². The number of fused-ring (bicyclic) bond motifs is 13. The van der Waals surface area contributed by atoms with Crippen LogP contribution in [0.15, 0.2) is 205 Å². The Kier molecular flexibility index (Phi) is 7.85. The molecule has 0 fully saturated rings. The lowest BCUT2D eigenvalue weighted by atomic mass is 9.63. The van der Waals surface area contributed by atoms with Gasteiger partial charge in [0.05, 0.1) is 5.41 Å². The van der Waals surface area contributed by atoms with Crippen LogP contribution in [-0.4, -0.2) is 17.7 Å². The molecule has 0 amide bonds. The average molecular weight is 771 g/mol. The molecule has 3 heteroatoms. The molecule has 60 heavy (non-hydrogen) atoms. The topological polar surface area (TPSA) is 24.8 Å². The molecule has 3 aliphatic rings. The molecular weight excluding hydrogens is 729 g/mol. The van der Waals surface area contributed by atoms with E-state index in [1.54, 1.807) is 0 Å². The molecule has 9 aromatic rings. The molecule has 1 aliphatic carbocycles. The third kappa shape index (κ3) is 4.96. The number of aliphatic imine (C=N–C) groups is 1. The maximum absolute atomic E-state index is 7.31. The summed E-state index contributed by atoms with van der Waals surface area (Å²) in [5, 5.41) is 4.58. The molecule has 3 unspecified atom stereocenters. The third-order valence-corrected chi connectivity index (χ3v) is 13.6. The van der Waals surface area contributed by atoms with Gasteiger partial charge in [-0.2, -0.15) is 0 Å². The zero-order chi connectivity index (χ0) is 40.0. The quantitative estimate of drug-likeness (QED) is 0.178. The average Bonchev–Trinajstić information content (AvgIpc) is 3.61. The second-order valence-electron chi connectivity index (χ2n) is 16.6. The van der Waals surface area contributed by atoms with Gasteiger partial charge in [0.2, 0.25) is 0 Å². The number of rotatable bonds is 4. The summed E-state index contributed by atoms with van der Waals surface area (Å²) in [5.41, 5.74) is 14.1. The van der Waals surface area contributed by atoms with Crippen molar-refractivity contribution in [2.24, 2.45) is 10.9 Å². The second-order valence-corrected chi connectivity index (χ2v) is 16.6. The van der Waals surface area contributed by atoms with E-state index in [0.29, 0.717) is 0 Å². The van der Waals surface area contributed by atoms with Crippen LogP contribution in [0.25, 0.3) is 43.8 Å². The van der Waals surface area contributed by atoms with E-state index in [4.69, 9.17) is 9.73 Å². The van der Waals surface area contributed by atoms with Gasteiger partial charge in [-0.1, -0.05) is 207 Å². The maximum Gasteiger partial charge on any atom is 0.140 e. The first-order valence-electron chi connectivity index (χ1n) is 21.1. The summed E-state index contributed by atoms with van der Waals surface area (Å²) in [7, 11) is 2.28. The van der Waals surface area contributed by atoms with Crippen LogP contribution >= 0.6 is 0 Å². The Morgan fingerprint density at radius 2 is 1.03 bits per heavy atom. The van der Waals surface area contributed by atoms with Crippen LogP contribution in [0.2, 0.25) is 0 Å². The number of hydrogen-bond acceptors (Lipinski definition) is 3. The highest BCUT2D eigenvalue weighted by molar-refractivity contribution is 6.04. The van der Waals surface area contributed by atoms with E-state index in [2.05, 4.69) is 219 Å². The summed E-state index contributed by atoms with van der Waals surface area (Å²) >= 11 is 0. The molecule has 12 rings (SSSR count). The van der Waals surface area contributed by atoms with Crippen LogP contribution < -0.4 is 4.74 Å². The van der Waals surface area contributed by atoms with Gasteiger partial charge in [0.15, 0.2) is 0 Å². The lowest BCUT2D eigenvalue weighted by Gasteiger charge is -2.46. The van der Waals surface area contributed by atoms with Gasteiger partial charge in [0.1, 0.15) is 17.7 Å². The van der Waals surface area contributed by atoms with Crippen LogP contribution in [0, 0.1) is 5.92 Å². The van der Waals surface area contributed by atoms with Crippen molar-refractivity contribution in [3.63, 3.8) is 0 Å². The van der Waals surface area contributed by atoms with E-state index < -0.39 is 5.41 Å². The lowest BCUT2D eigenvalue weighted by Crippen LogP contribution is -2.42. The Bertz CT molecular complexity index is 3080. The molecule has 0 radical (unpaired) electrons. The molecule has 2 heterocycles. The summed E-state index contributed by atoms with van der Waals surface area (Å²) in [6.07, 6.45) is -0.205. The fourth-order valence-corrected chi connectivity index (χ4v) is 11.0. The zero-order valence-corrected chi connectivity index (χ0v) is 33.6. The molecule has 3 nitrogen and oxygen atoms in total. The summed E-state index contributed by atoms with van der Waals surface area (Å²) in [6, 6.07) is 73.2. The van der Waals surface area contributed by atoms with Gasteiger partial charge in [-0.25, -0.2) is 0 Å². The summed E-state index contributed by atoms with van der Waals surface area (Å²) in [4.78, 5) is 8.19. The van der Waals surface area contributed by atoms with Gasteiger partial charge in [-0.3, -0.25) is 9.89 Å². The SMILES string of the molecule is CC1C(c2ccccc2)=NC(c2ccc(-c3ccccc3)cc2)N(C)C1c1cccc2c1C1(c3ccccc3-2)c2ccc3ccccc3c2Oc2c1ccc1ccccc21. The number of hydrogen-bond donors (Lipinski definition) is 0. The summed E-state index contributed by atoms with van der Waals surface area (Å²) < 4.78 is 7.31. The van der Waals surface area contributed by atoms with Gasteiger partial charge in [-0.05, 0) is 67.9 Å². The molecule has 0 bridgehead atoms. The molecule has 0 saturated carbocycles. The predicted molar refractivity (Wildman–Crippen MR) is 246 cm³/mol. The van der Waals surface area contributed by atoms with Crippen LogP contribution in [0.3, 0.4) is 0 Å². The van der Waals surface area contributed by atoms with E-state index in [0.717, 1.165) is 28.0 Å². The van der Waals surface area contributed by atoms with Gasteiger partial charge in [-0.15, -0.1) is 0 Å². The number of benzene rings is 9. The van der Waals surface area contributed by atoms with Crippen molar-refractivity contribution in [2.75, 3.05) is 7.05 Å². The molecule has 0 N–H and O–H groups in total. The van der Waals surface area contributed by atoms with Crippen molar-refractivity contribution < 1.29 is 4.74 Å². The van der Waals surface area contributed by atoms with Crippen LogP contribution in [-0.2, 0) is 5.41 Å². The maximum atomic E-state index is 7.31. The minimum atomic E-state index is -0.658. The van der Waals surface area contributed by atoms with E-state index in [1.165, 1.54) is 72.0 Å². The largest absolute Gasteiger partial charge is 0.455 e. The zero-order valence-electron chi connectivity index (χ0n) is 33.6. The minimum Gasteiger partial charge on any atom is -0.455 e. The fourth-order valence-electron chi connectivity index (χ4n) is 11.0. The highest BCUT2D eigenvalue weighted by atomic mass is 16.5. The van der Waals surface area contributed by atoms with Crippen molar-refractivity contribution in [2.45, 2.75) is 24.5 Å². The monoisotopic (exact) mass is 770 g/mol. The lowest BCUT2D eigenvalue weighted by molar-refractivity contribution is 0.139. The summed E-state index contributed by atoms with van der Waals surface area (Å²) in [5.74, 6) is 1.93. The molecule has 9 aromatic carbocycles. The van der Waals surface area contributed by atoms with Gasteiger partial charge >= 0.3 is 0 Å². The van der Waals surface area contributed by atoms with Gasteiger partial charge in [0.25, 0.3) is 0 Å². The van der Waals surface area contributed by atoms with E-state index >= 15 is 0 Å². The Morgan fingerprint density at radius 1 is 0.483 bits per heavy atom. The fraction of sp³-hybridized carbons (Fsp3) is 0.105. The number of nitrogens with zero attached hydrogens (tertiary/aromatic N) is 2.